The summed E-state index contributed by atoms with van der Waals surface area (Å²) in [4.78, 5) is 11.9. The van der Waals surface area contributed by atoms with E-state index in [1.807, 2.05) is 13.0 Å². The highest BCUT2D eigenvalue weighted by Gasteiger charge is 2.12. The molecular weight excluding hydrogens is 220 g/mol. The second-order valence-corrected chi connectivity index (χ2v) is 3.30. The fourth-order valence-electron chi connectivity index (χ4n) is 1.40. The Kier molecular flexibility index (Phi) is 3.40. The van der Waals surface area contributed by atoms with E-state index in [0.717, 1.165) is 0 Å². The zero-order valence-corrected chi connectivity index (χ0v) is 9.34. The standard InChI is InChI=1S/C12H12N2O3/c1-2-16-11-6-4-3-5-10(11)12(15)14-9-7-13-17-8-9/h3-8H,2H2,1H3,(H,14,15). The summed E-state index contributed by atoms with van der Waals surface area (Å²) in [6.45, 7) is 2.38. The number of anilines is 1. The maximum atomic E-state index is 11.9. The smallest absolute Gasteiger partial charge is 0.259 e. The molecule has 1 aromatic carbocycles. The lowest BCUT2D eigenvalue weighted by atomic mass is 10.2. The Balaban J connectivity index is 2.18. The van der Waals surface area contributed by atoms with Crippen LogP contribution in [0.2, 0.25) is 0 Å². The second-order valence-electron chi connectivity index (χ2n) is 3.30. The van der Waals surface area contributed by atoms with Gasteiger partial charge in [0.25, 0.3) is 5.91 Å². The number of nitrogens with zero attached hydrogens (tertiary/aromatic N) is 1. The van der Waals surface area contributed by atoms with Gasteiger partial charge in [-0.3, -0.25) is 4.79 Å². The van der Waals surface area contributed by atoms with E-state index in [9.17, 15) is 4.79 Å². The first kappa shape index (κ1) is 11.2. The Morgan fingerprint density at radius 1 is 1.47 bits per heavy atom. The van der Waals surface area contributed by atoms with E-state index in [-0.39, 0.29) is 5.91 Å². The molecule has 1 amide bonds. The largest absolute Gasteiger partial charge is 0.493 e. The molecule has 1 heterocycles. The molecule has 1 aromatic heterocycles. The summed E-state index contributed by atoms with van der Waals surface area (Å²) in [6, 6.07) is 7.06. The van der Waals surface area contributed by atoms with Gasteiger partial charge in [-0.1, -0.05) is 17.3 Å². The van der Waals surface area contributed by atoms with Gasteiger partial charge in [0.05, 0.1) is 18.4 Å². The second kappa shape index (κ2) is 5.16. The Morgan fingerprint density at radius 2 is 2.29 bits per heavy atom. The molecule has 0 aliphatic rings. The highest BCUT2D eigenvalue weighted by Crippen LogP contribution is 2.19. The quantitative estimate of drug-likeness (QED) is 0.878. The third-order valence-electron chi connectivity index (χ3n) is 2.12. The van der Waals surface area contributed by atoms with E-state index in [1.54, 1.807) is 18.2 Å². The summed E-state index contributed by atoms with van der Waals surface area (Å²) in [5, 5.41) is 6.17. The molecule has 5 heteroatoms. The van der Waals surface area contributed by atoms with Crippen LogP contribution in [0.25, 0.3) is 0 Å². The molecule has 0 fully saturated rings. The van der Waals surface area contributed by atoms with Crippen molar-refractivity contribution in [2.75, 3.05) is 11.9 Å². The van der Waals surface area contributed by atoms with Crippen LogP contribution in [0.1, 0.15) is 17.3 Å². The SMILES string of the molecule is CCOc1ccccc1C(=O)Nc1cnoc1. The average molecular weight is 232 g/mol. The van der Waals surface area contributed by atoms with Gasteiger partial charge in [-0.15, -0.1) is 0 Å². The highest BCUT2D eigenvalue weighted by atomic mass is 16.5. The molecule has 0 unspecified atom stereocenters. The van der Waals surface area contributed by atoms with Gasteiger partial charge in [0.2, 0.25) is 0 Å². The zero-order valence-electron chi connectivity index (χ0n) is 9.34. The van der Waals surface area contributed by atoms with E-state index in [0.29, 0.717) is 23.6 Å². The normalized spacial score (nSPS) is 9.94. The summed E-state index contributed by atoms with van der Waals surface area (Å²) >= 11 is 0. The van der Waals surface area contributed by atoms with Crippen LogP contribution in [0, 0.1) is 0 Å². The van der Waals surface area contributed by atoms with Gasteiger partial charge in [-0.2, -0.15) is 0 Å². The van der Waals surface area contributed by atoms with Gasteiger partial charge in [0, 0.05) is 0 Å². The van der Waals surface area contributed by atoms with Crippen LogP contribution >= 0.6 is 0 Å². The summed E-state index contributed by atoms with van der Waals surface area (Å²) in [5.41, 5.74) is 0.997. The molecule has 0 radical (unpaired) electrons. The first-order valence-electron chi connectivity index (χ1n) is 5.24. The molecule has 0 saturated carbocycles. The number of amides is 1. The van der Waals surface area contributed by atoms with Crippen LogP contribution in [0.15, 0.2) is 41.2 Å². The van der Waals surface area contributed by atoms with Crippen molar-refractivity contribution in [2.45, 2.75) is 6.92 Å². The third kappa shape index (κ3) is 2.63. The Bertz CT molecular complexity index is 494. The molecule has 0 saturated heterocycles. The number of para-hydroxylation sites is 1. The van der Waals surface area contributed by atoms with Gasteiger partial charge in [0.15, 0.2) is 0 Å². The molecule has 0 bridgehead atoms. The zero-order chi connectivity index (χ0) is 12.1. The summed E-state index contributed by atoms with van der Waals surface area (Å²) < 4.78 is 10.0. The maximum Gasteiger partial charge on any atom is 0.259 e. The molecule has 0 spiro atoms. The number of hydrogen-bond acceptors (Lipinski definition) is 4. The fraction of sp³-hybridized carbons (Fsp3) is 0.167. The van der Waals surface area contributed by atoms with Crippen molar-refractivity contribution in [3.63, 3.8) is 0 Å². The van der Waals surface area contributed by atoms with Crippen LogP contribution in [0.4, 0.5) is 5.69 Å². The van der Waals surface area contributed by atoms with Crippen LogP contribution in [0.5, 0.6) is 5.75 Å². The molecule has 17 heavy (non-hydrogen) atoms. The molecule has 1 N–H and O–H groups in total. The molecule has 0 aliphatic heterocycles. The van der Waals surface area contributed by atoms with E-state index < -0.39 is 0 Å². The first-order valence-corrected chi connectivity index (χ1v) is 5.24. The predicted octanol–water partition coefficient (Wildman–Crippen LogP) is 2.33. The van der Waals surface area contributed by atoms with Crippen molar-refractivity contribution in [1.82, 2.24) is 5.16 Å². The van der Waals surface area contributed by atoms with Crippen molar-refractivity contribution >= 4 is 11.6 Å². The van der Waals surface area contributed by atoms with Crippen molar-refractivity contribution in [2.24, 2.45) is 0 Å². The molecule has 2 rings (SSSR count). The minimum atomic E-state index is -0.253. The molecular formula is C12H12N2O3. The van der Waals surface area contributed by atoms with Gasteiger partial charge in [0.1, 0.15) is 17.7 Å². The van der Waals surface area contributed by atoms with E-state index in [4.69, 9.17) is 4.74 Å². The minimum absolute atomic E-state index is 0.253. The van der Waals surface area contributed by atoms with Crippen LogP contribution in [-0.4, -0.2) is 17.7 Å². The van der Waals surface area contributed by atoms with Crippen molar-refractivity contribution < 1.29 is 14.1 Å². The topological polar surface area (TPSA) is 64.4 Å². The number of ether oxygens (including phenoxy) is 1. The Morgan fingerprint density at radius 3 is 3.00 bits per heavy atom. The average Bonchev–Trinajstić information content (AvgIpc) is 2.83. The summed E-state index contributed by atoms with van der Waals surface area (Å²) in [7, 11) is 0. The number of nitrogens with one attached hydrogen (secondary N) is 1. The molecule has 88 valence electrons. The molecule has 2 aromatic rings. The lowest BCUT2D eigenvalue weighted by molar-refractivity contribution is 0.102. The number of aromatic nitrogens is 1. The van der Waals surface area contributed by atoms with Gasteiger partial charge in [-0.25, -0.2) is 0 Å². The van der Waals surface area contributed by atoms with Crippen molar-refractivity contribution in [3.05, 3.63) is 42.3 Å². The lowest BCUT2D eigenvalue weighted by Gasteiger charge is -2.08. The van der Waals surface area contributed by atoms with Gasteiger partial charge in [-0.05, 0) is 19.1 Å². The van der Waals surface area contributed by atoms with Crippen LogP contribution in [0.3, 0.4) is 0 Å². The number of hydrogen-bond donors (Lipinski definition) is 1. The molecule has 0 aliphatic carbocycles. The van der Waals surface area contributed by atoms with E-state index >= 15 is 0 Å². The Hall–Kier alpha value is -2.30. The van der Waals surface area contributed by atoms with Crippen molar-refractivity contribution in [1.29, 1.82) is 0 Å². The third-order valence-corrected chi connectivity index (χ3v) is 2.12. The van der Waals surface area contributed by atoms with Crippen LogP contribution < -0.4 is 10.1 Å². The minimum Gasteiger partial charge on any atom is -0.493 e. The number of benzene rings is 1. The van der Waals surface area contributed by atoms with E-state index in [2.05, 4.69) is 15.0 Å². The lowest BCUT2D eigenvalue weighted by Crippen LogP contribution is -2.13. The Labute approximate surface area is 98.4 Å². The number of carbonyl (C=O) groups is 1. The maximum absolute atomic E-state index is 11.9. The van der Waals surface area contributed by atoms with Gasteiger partial charge >= 0.3 is 0 Å². The fourth-order valence-corrected chi connectivity index (χ4v) is 1.40. The molecule has 5 nitrogen and oxygen atoms in total. The monoisotopic (exact) mass is 232 g/mol. The van der Waals surface area contributed by atoms with Crippen molar-refractivity contribution in [3.8, 4) is 5.75 Å². The van der Waals surface area contributed by atoms with Crippen LogP contribution in [-0.2, 0) is 0 Å². The summed E-state index contributed by atoms with van der Waals surface area (Å²) in [5.74, 6) is 0.307. The first-order chi connectivity index (χ1) is 8.31. The highest BCUT2D eigenvalue weighted by molar-refractivity contribution is 6.06. The van der Waals surface area contributed by atoms with E-state index in [1.165, 1.54) is 12.5 Å². The predicted molar refractivity (Wildman–Crippen MR) is 62.1 cm³/mol. The number of carbonyl (C=O) groups excluding carboxylic acids is 1. The molecule has 0 atom stereocenters. The summed E-state index contributed by atoms with van der Waals surface area (Å²) in [6.07, 6.45) is 2.79. The number of rotatable bonds is 4. The van der Waals surface area contributed by atoms with Gasteiger partial charge < -0.3 is 14.6 Å².